The molecule has 122 valence electrons. The van der Waals surface area contributed by atoms with Crippen LogP contribution in [-0.2, 0) is 4.79 Å². The number of nitrogens with one attached hydrogen (secondary N) is 1. The monoisotopic (exact) mass is 321 g/mol. The van der Waals surface area contributed by atoms with Gasteiger partial charge >= 0.3 is 19.3 Å². The van der Waals surface area contributed by atoms with Gasteiger partial charge in [0.25, 0.3) is 0 Å². The van der Waals surface area contributed by atoms with Gasteiger partial charge in [0.1, 0.15) is 5.82 Å². The van der Waals surface area contributed by atoms with Crippen molar-refractivity contribution in [2.75, 3.05) is 31.1 Å². The fourth-order valence-corrected chi connectivity index (χ4v) is 1.63. The number of piperazine rings is 1. The molecule has 2 rings (SSSR count). The molecule has 11 heteroatoms. The average molecular weight is 321 g/mol. The van der Waals surface area contributed by atoms with Crippen LogP contribution in [0, 0.1) is 0 Å². The van der Waals surface area contributed by atoms with E-state index < -0.39 is 19.3 Å². The predicted molar refractivity (Wildman–Crippen MR) is 72.8 cm³/mol. The Kier molecular flexibility index (Phi) is 6.59. The Morgan fingerprint density at radius 1 is 1.27 bits per heavy atom. The molecule has 0 atom stereocenters. The summed E-state index contributed by atoms with van der Waals surface area (Å²) in [5, 5.41) is 28.2. The normalized spacial score (nSPS) is 14.9. The minimum Gasteiger partial charge on any atom is -0.475 e. The van der Waals surface area contributed by atoms with E-state index in [4.69, 9.17) is 19.9 Å². The van der Waals surface area contributed by atoms with Crippen LogP contribution in [0.2, 0.25) is 0 Å². The molecule has 0 radical (unpaired) electrons. The van der Waals surface area contributed by atoms with Gasteiger partial charge in [-0.1, -0.05) is 6.07 Å². The highest BCUT2D eigenvalue weighted by Gasteiger charge is 2.38. The van der Waals surface area contributed by atoms with Gasteiger partial charge in [-0.2, -0.15) is 13.2 Å². The maximum absolute atomic E-state index is 10.6. The van der Waals surface area contributed by atoms with E-state index in [0.717, 1.165) is 32.0 Å². The van der Waals surface area contributed by atoms with E-state index in [0.29, 0.717) is 5.46 Å². The lowest BCUT2D eigenvalue weighted by molar-refractivity contribution is -0.192. The molecule has 0 saturated carbocycles. The van der Waals surface area contributed by atoms with Crippen molar-refractivity contribution in [2.24, 2.45) is 0 Å². The molecular formula is C11H15BF3N3O4. The van der Waals surface area contributed by atoms with Gasteiger partial charge < -0.3 is 25.4 Å². The van der Waals surface area contributed by atoms with Gasteiger partial charge in [0.05, 0.1) is 0 Å². The highest BCUT2D eigenvalue weighted by Crippen LogP contribution is 2.13. The van der Waals surface area contributed by atoms with Crippen LogP contribution in [0.1, 0.15) is 0 Å². The van der Waals surface area contributed by atoms with Gasteiger partial charge in [-0.25, -0.2) is 9.78 Å². The lowest BCUT2D eigenvalue weighted by Crippen LogP contribution is -2.44. The van der Waals surface area contributed by atoms with Gasteiger partial charge in [0.2, 0.25) is 0 Å². The van der Waals surface area contributed by atoms with E-state index in [1.807, 2.05) is 6.07 Å². The third kappa shape index (κ3) is 5.88. The van der Waals surface area contributed by atoms with Crippen molar-refractivity contribution < 1.29 is 33.1 Å². The summed E-state index contributed by atoms with van der Waals surface area (Å²) in [6, 6.07) is 3.51. The summed E-state index contributed by atoms with van der Waals surface area (Å²) in [5.41, 5.74) is 0.425. The first-order chi connectivity index (χ1) is 10.2. The molecule has 0 aromatic carbocycles. The number of pyridine rings is 1. The lowest BCUT2D eigenvalue weighted by atomic mass is 9.82. The summed E-state index contributed by atoms with van der Waals surface area (Å²) in [6.45, 7) is 3.81. The molecule has 22 heavy (non-hydrogen) atoms. The summed E-state index contributed by atoms with van der Waals surface area (Å²) >= 11 is 0. The summed E-state index contributed by atoms with van der Waals surface area (Å²) in [4.78, 5) is 15.3. The number of hydrogen-bond donors (Lipinski definition) is 4. The summed E-state index contributed by atoms with van der Waals surface area (Å²) in [7, 11) is -1.44. The minimum atomic E-state index is -5.08. The fraction of sp³-hybridized carbons (Fsp3) is 0.455. The first-order valence-corrected chi connectivity index (χ1v) is 6.29. The number of carboxylic acid groups (broad SMARTS) is 1. The second kappa shape index (κ2) is 7.96. The molecule has 1 aromatic rings. The van der Waals surface area contributed by atoms with Crippen LogP contribution in [-0.4, -0.2) is 65.6 Å². The Morgan fingerprint density at radius 2 is 1.82 bits per heavy atom. The number of hydrogen-bond acceptors (Lipinski definition) is 6. The van der Waals surface area contributed by atoms with Crippen molar-refractivity contribution in [3.63, 3.8) is 0 Å². The standard InChI is InChI=1S/C9H14BN3O2.C2HF3O2/c14-10(15)8-1-2-9(12-7-8)13-5-3-11-4-6-13;3-2(4,5)1(6)7/h1-2,7,11,14-15H,3-6H2;(H,6,7). The number of alkyl halides is 3. The second-order valence-corrected chi connectivity index (χ2v) is 4.36. The Labute approximate surface area is 124 Å². The van der Waals surface area contributed by atoms with E-state index in [1.165, 1.54) is 6.20 Å². The first kappa shape index (κ1) is 18.2. The molecule has 1 aliphatic rings. The molecule has 7 nitrogen and oxygen atoms in total. The number of carboxylic acids is 1. The second-order valence-electron chi connectivity index (χ2n) is 4.36. The van der Waals surface area contributed by atoms with Crippen LogP contribution >= 0.6 is 0 Å². The van der Waals surface area contributed by atoms with Crippen molar-refractivity contribution in [3.05, 3.63) is 18.3 Å². The maximum atomic E-state index is 10.6. The van der Waals surface area contributed by atoms with Crippen molar-refractivity contribution in [3.8, 4) is 0 Å². The third-order valence-corrected chi connectivity index (χ3v) is 2.75. The molecule has 1 aliphatic heterocycles. The van der Waals surface area contributed by atoms with Crippen molar-refractivity contribution in [1.82, 2.24) is 10.3 Å². The van der Waals surface area contributed by atoms with Gasteiger partial charge in [0.15, 0.2) is 0 Å². The van der Waals surface area contributed by atoms with Crippen molar-refractivity contribution in [2.45, 2.75) is 6.18 Å². The van der Waals surface area contributed by atoms with Gasteiger partial charge in [-0.3, -0.25) is 0 Å². The first-order valence-electron chi connectivity index (χ1n) is 6.29. The van der Waals surface area contributed by atoms with Crippen LogP contribution in [0.5, 0.6) is 0 Å². The summed E-state index contributed by atoms with van der Waals surface area (Å²) in [5.74, 6) is -1.87. The topological polar surface area (TPSA) is 106 Å². The summed E-state index contributed by atoms with van der Waals surface area (Å²) in [6.07, 6.45) is -3.58. The molecule has 0 aliphatic carbocycles. The fourth-order valence-electron chi connectivity index (χ4n) is 1.63. The highest BCUT2D eigenvalue weighted by atomic mass is 19.4. The number of aliphatic carboxylic acids is 1. The van der Waals surface area contributed by atoms with E-state index in [9.17, 15) is 13.2 Å². The van der Waals surface area contributed by atoms with Gasteiger partial charge in [0, 0.05) is 37.8 Å². The van der Waals surface area contributed by atoms with Gasteiger partial charge in [-0.05, 0) is 6.07 Å². The quantitative estimate of drug-likeness (QED) is 0.507. The zero-order valence-electron chi connectivity index (χ0n) is 11.4. The SMILES string of the molecule is O=C(O)C(F)(F)F.OB(O)c1ccc(N2CCNCC2)nc1. The molecule has 1 fully saturated rings. The van der Waals surface area contributed by atoms with Crippen LogP contribution in [0.3, 0.4) is 0 Å². The summed E-state index contributed by atoms with van der Waals surface area (Å²) < 4.78 is 31.7. The highest BCUT2D eigenvalue weighted by molar-refractivity contribution is 6.58. The van der Waals surface area contributed by atoms with E-state index in [-0.39, 0.29) is 0 Å². The smallest absolute Gasteiger partial charge is 0.475 e. The zero-order chi connectivity index (χ0) is 16.8. The van der Waals surface area contributed by atoms with Crippen LogP contribution in [0.15, 0.2) is 18.3 Å². The molecule has 0 spiro atoms. The van der Waals surface area contributed by atoms with Crippen molar-refractivity contribution >= 4 is 24.4 Å². The van der Waals surface area contributed by atoms with Crippen molar-refractivity contribution in [1.29, 1.82) is 0 Å². The lowest BCUT2D eigenvalue weighted by Gasteiger charge is -2.28. The molecule has 1 saturated heterocycles. The molecule has 0 bridgehead atoms. The number of carbonyl (C=O) groups is 1. The van der Waals surface area contributed by atoms with Gasteiger partial charge in [-0.15, -0.1) is 0 Å². The molecule has 1 aromatic heterocycles. The average Bonchev–Trinajstić information content (AvgIpc) is 2.48. The third-order valence-electron chi connectivity index (χ3n) is 2.75. The van der Waals surface area contributed by atoms with E-state index in [2.05, 4.69) is 15.2 Å². The number of anilines is 1. The number of halogens is 3. The van der Waals surface area contributed by atoms with E-state index in [1.54, 1.807) is 6.07 Å². The molecule has 0 amide bonds. The Hall–Kier alpha value is -1.85. The van der Waals surface area contributed by atoms with Crippen LogP contribution in [0.4, 0.5) is 19.0 Å². The molecule has 0 unspecified atom stereocenters. The van der Waals surface area contributed by atoms with E-state index >= 15 is 0 Å². The molecule has 2 heterocycles. The predicted octanol–water partition coefficient (Wildman–Crippen LogP) is -1.20. The Balaban J connectivity index is 0.000000295. The van der Waals surface area contributed by atoms with Crippen LogP contribution < -0.4 is 15.7 Å². The minimum absolute atomic E-state index is 0.425. The number of rotatable bonds is 2. The Bertz CT molecular complexity index is 478. The number of nitrogens with zero attached hydrogens (tertiary/aromatic N) is 2. The zero-order valence-corrected chi connectivity index (χ0v) is 11.4. The Morgan fingerprint density at radius 3 is 2.18 bits per heavy atom. The van der Waals surface area contributed by atoms with Crippen LogP contribution in [0.25, 0.3) is 0 Å². The largest absolute Gasteiger partial charge is 0.490 e. The molecular weight excluding hydrogens is 306 g/mol. The molecule has 4 N–H and O–H groups in total. The number of aromatic nitrogens is 1. The maximum Gasteiger partial charge on any atom is 0.490 e.